The van der Waals surface area contributed by atoms with Crippen LogP contribution >= 0.6 is 0 Å². The molecule has 5 heterocycles. The van der Waals surface area contributed by atoms with Gasteiger partial charge in [-0.05, 0) is 39.2 Å². The number of carbonyl (C=O) groups is 1. The van der Waals surface area contributed by atoms with Gasteiger partial charge in [0.25, 0.3) is 5.91 Å². The smallest absolute Gasteiger partial charge is 0.275 e. The number of anilines is 2. The quantitative estimate of drug-likeness (QED) is 0.644. The Morgan fingerprint density at radius 1 is 1.12 bits per heavy atom. The largest absolute Gasteiger partial charge is 0.355 e. The van der Waals surface area contributed by atoms with E-state index in [-0.39, 0.29) is 11.3 Å². The van der Waals surface area contributed by atoms with Crippen LogP contribution < -0.4 is 10.2 Å². The van der Waals surface area contributed by atoms with Crippen molar-refractivity contribution in [2.24, 2.45) is 5.92 Å². The number of imidazole rings is 1. The number of carbonyl (C=O) groups excluding carboxylic acids is 1. The summed E-state index contributed by atoms with van der Waals surface area (Å²) >= 11 is 0. The summed E-state index contributed by atoms with van der Waals surface area (Å²) in [6.07, 6.45) is 13.2. The van der Waals surface area contributed by atoms with Gasteiger partial charge in [0.05, 0.1) is 23.8 Å². The Bertz CT molecular complexity index is 1180. The molecule has 1 unspecified atom stereocenters. The Morgan fingerprint density at radius 3 is 2.73 bits per heavy atom. The van der Waals surface area contributed by atoms with Crippen molar-refractivity contribution in [3.63, 3.8) is 0 Å². The third-order valence-corrected chi connectivity index (χ3v) is 7.14. The van der Waals surface area contributed by atoms with Crippen molar-refractivity contribution in [1.29, 1.82) is 0 Å². The third-order valence-electron chi connectivity index (χ3n) is 7.14. The lowest BCUT2D eigenvalue weighted by molar-refractivity contribution is 0.0783. The fourth-order valence-electron chi connectivity index (χ4n) is 5.33. The first-order valence-corrected chi connectivity index (χ1v) is 11.8. The van der Waals surface area contributed by atoms with Crippen LogP contribution in [0.25, 0.3) is 5.65 Å². The highest BCUT2D eigenvalue weighted by Gasteiger charge is 2.43. The number of hydrogen-bond acceptors (Lipinski definition) is 6. The second kappa shape index (κ2) is 8.06. The lowest BCUT2D eigenvalue weighted by Crippen LogP contribution is -2.58. The SMILES string of the molecule is Cc1cn2cc(NC(=O)c3cnc(N4CC(C5CCCCN5C5CC5)C4)cn3)cc(F)c2n1. The molecule has 3 fully saturated rings. The molecule has 0 bridgehead atoms. The topological polar surface area (TPSA) is 78.7 Å². The summed E-state index contributed by atoms with van der Waals surface area (Å²) in [5, 5.41) is 2.70. The van der Waals surface area contributed by atoms with Gasteiger partial charge in [0, 0.05) is 49.6 Å². The van der Waals surface area contributed by atoms with E-state index in [1.165, 1.54) is 50.9 Å². The Labute approximate surface area is 191 Å². The van der Waals surface area contributed by atoms with E-state index >= 15 is 0 Å². The Kier molecular flexibility index (Phi) is 5.01. The van der Waals surface area contributed by atoms with Gasteiger partial charge >= 0.3 is 0 Å². The van der Waals surface area contributed by atoms with Crippen LogP contribution in [0.3, 0.4) is 0 Å². The molecule has 0 spiro atoms. The number of aromatic nitrogens is 4. The molecule has 1 aliphatic carbocycles. The lowest BCUT2D eigenvalue weighted by atomic mass is 9.84. The molecular formula is C24H28FN7O. The van der Waals surface area contributed by atoms with Gasteiger partial charge in [-0.15, -0.1) is 0 Å². The van der Waals surface area contributed by atoms with E-state index in [2.05, 4.69) is 30.1 Å². The highest BCUT2D eigenvalue weighted by atomic mass is 19.1. The van der Waals surface area contributed by atoms with E-state index in [9.17, 15) is 9.18 Å². The molecule has 1 N–H and O–H groups in total. The number of piperidine rings is 1. The van der Waals surface area contributed by atoms with Gasteiger partial charge in [-0.2, -0.15) is 0 Å². The molecule has 1 atom stereocenters. The monoisotopic (exact) mass is 449 g/mol. The van der Waals surface area contributed by atoms with Crippen molar-refractivity contribution in [2.75, 3.05) is 29.9 Å². The molecular weight excluding hydrogens is 421 g/mol. The van der Waals surface area contributed by atoms with Gasteiger partial charge in [-0.3, -0.25) is 9.69 Å². The number of halogens is 1. The average Bonchev–Trinajstić information content (AvgIpc) is 3.55. The summed E-state index contributed by atoms with van der Waals surface area (Å²) in [5.41, 5.74) is 1.48. The minimum Gasteiger partial charge on any atom is -0.355 e. The van der Waals surface area contributed by atoms with E-state index < -0.39 is 11.7 Å². The van der Waals surface area contributed by atoms with Crippen LogP contribution in [0.4, 0.5) is 15.9 Å². The number of fused-ring (bicyclic) bond motifs is 1. The predicted octanol–water partition coefficient (Wildman–Crippen LogP) is 3.28. The molecule has 172 valence electrons. The van der Waals surface area contributed by atoms with Crippen LogP contribution in [-0.2, 0) is 0 Å². The van der Waals surface area contributed by atoms with E-state index in [4.69, 9.17) is 0 Å². The van der Waals surface area contributed by atoms with Crippen molar-refractivity contribution in [3.05, 3.63) is 48.1 Å². The highest BCUT2D eigenvalue weighted by molar-refractivity contribution is 6.02. The molecule has 9 heteroatoms. The van der Waals surface area contributed by atoms with Crippen LogP contribution in [0, 0.1) is 18.7 Å². The van der Waals surface area contributed by atoms with E-state index in [1.807, 2.05) is 0 Å². The highest BCUT2D eigenvalue weighted by Crippen LogP contribution is 2.38. The second-order valence-corrected chi connectivity index (χ2v) is 9.60. The summed E-state index contributed by atoms with van der Waals surface area (Å²) in [5.74, 6) is 0.575. The number of likely N-dealkylation sites (tertiary alicyclic amines) is 1. The average molecular weight is 450 g/mol. The zero-order valence-electron chi connectivity index (χ0n) is 18.7. The zero-order chi connectivity index (χ0) is 22.5. The van der Waals surface area contributed by atoms with Gasteiger partial charge in [0.15, 0.2) is 11.5 Å². The summed E-state index contributed by atoms with van der Waals surface area (Å²) in [7, 11) is 0. The number of aryl methyl sites for hydroxylation is 1. The number of nitrogens with zero attached hydrogens (tertiary/aromatic N) is 6. The molecule has 6 rings (SSSR count). The molecule has 2 aliphatic heterocycles. The second-order valence-electron chi connectivity index (χ2n) is 9.60. The van der Waals surface area contributed by atoms with Crippen molar-refractivity contribution in [2.45, 2.75) is 51.1 Å². The molecule has 8 nitrogen and oxygen atoms in total. The van der Waals surface area contributed by atoms with Crippen LogP contribution in [0.15, 0.2) is 30.9 Å². The predicted molar refractivity (Wildman–Crippen MR) is 123 cm³/mol. The fourth-order valence-corrected chi connectivity index (χ4v) is 5.33. The molecule has 3 aliphatic rings. The third kappa shape index (κ3) is 3.94. The van der Waals surface area contributed by atoms with Crippen molar-refractivity contribution in [3.8, 4) is 0 Å². The standard InChI is InChI=1S/C24H28FN7O/c1-15-11-31-14-17(8-19(25)23(31)28-15)29-24(33)20-9-27-22(10-26-20)30-12-16(13-30)21-4-2-3-7-32(21)18-5-6-18/h8-11,14,16,18,21H,2-7,12-13H2,1H3,(H,29,33). The van der Waals surface area contributed by atoms with Gasteiger partial charge in [-0.25, -0.2) is 19.3 Å². The van der Waals surface area contributed by atoms with E-state index in [1.54, 1.807) is 29.9 Å². The Morgan fingerprint density at radius 2 is 1.97 bits per heavy atom. The van der Waals surface area contributed by atoms with Crippen LogP contribution in [0.5, 0.6) is 0 Å². The molecule has 0 aromatic carbocycles. The number of hydrogen-bond donors (Lipinski definition) is 1. The Balaban J connectivity index is 1.08. The zero-order valence-corrected chi connectivity index (χ0v) is 18.7. The first-order valence-electron chi connectivity index (χ1n) is 11.8. The molecule has 3 aromatic rings. The van der Waals surface area contributed by atoms with Gasteiger partial charge in [0.2, 0.25) is 0 Å². The minimum atomic E-state index is -0.493. The molecule has 33 heavy (non-hydrogen) atoms. The van der Waals surface area contributed by atoms with E-state index in [0.717, 1.165) is 24.9 Å². The molecule has 1 saturated carbocycles. The number of nitrogens with one attached hydrogen (secondary N) is 1. The molecule has 0 radical (unpaired) electrons. The van der Waals surface area contributed by atoms with Crippen LogP contribution in [-0.4, -0.2) is 61.9 Å². The fraction of sp³-hybridized carbons (Fsp3) is 0.500. The minimum absolute atomic E-state index is 0.199. The summed E-state index contributed by atoms with van der Waals surface area (Å²) in [6, 6.07) is 2.80. The first-order chi connectivity index (χ1) is 16.0. The van der Waals surface area contributed by atoms with E-state index in [0.29, 0.717) is 23.3 Å². The Hall–Kier alpha value is -3.07. The normalized spacial score (nSPS) is 21.9. The first kappa shape index (κ1) is 20.5. The van der Waals surface area contributed by atoms with Crippen molar-refractivity contribution >= 4 is 23.1 Å². The van der Waals surface area contributed by atoms with Gasteiger partial charge in [-0.1, -0.05) is 6.42 Å². The van der Waals surface area contributed by atoms with Crippen LogP contribution in [0.2, 0.25) is 0 Å². The summed E-state index contributed by atoms with van der Waals surface area (Å²) < 4.78 is 15.8. The summed E-state index contributed by atoms with van der Waals surface area (Å²) in [4.78, 5) is 30.5. The number of pyridine rings is 1. The number of amides is 1. The molecule has 2 saturated heterocycles. The van der Waals surface area contributed by atoms with Crippen molar-refractivity contribution in [1.82, 2.24) is 24.3 Å². The van der Waals surface area contributed by atoms with Crippen LogP contribution in [0.1, 0.15) is 48.3 Å². The number of rotatable bonds is 5. The summed E-state index contributed by atoms with van der Waals surface area (Å²) in [6.45, 7) is 5.04. The van der Waals surface area contributed by atoms with Gasteiger partial charge in [0.1, 0.15) is 11.5 Å². The maximum Gasteiger partial charge on any atom is 0.275 e. The molecule has 3 aromatic heterocycles. The van der Waals surface area contributed by atoms with Crippen molar-refractivity contribution < 1.29 is 9.18 Å². The lowest BCUT2D eigenvalue weighted by Gasteiger charge is -2.49. The maximum absolute atomic E-state index is 14.3. The maximum atomic E-state index is 14.3. The molecule has 1 amide bonds. The van der Waals surface area contributed by atoms with Gasteiger partial charge < -0.3 is 14.6 Å².